The molecule has 0 aliphatic rings. The van der Waals surface area contributed by atoms with Gasteiger partial charge in [0.1, 0.15) is 0 Å². The molecule has 25 heavy (non-hydrogen) atoms. The molecule has 7 heteroatoms. The van der Waals surface area contributed by atoms with E-state index in [0.29, 0.717) is 16.7 Å². The van der Waals surface area contributed by atoms with Gasteiger partial charge in [0.2, 0.25) is 10.0 Å². The molecule has 0 atom stereocenters. The largest absolute Gasteiger partial charge is 0.332 e. The maximum atomic E-state index is 12.2. The summed E-state index contributed by atoms with van der Waals surface area (Å²) in [5.41, 5.74) is 2.71. The Hall–Kier alpha value is -1.96. The summed E-state index contributed by atoms with van der Waals surface area (Å²) in [6.07, 6.45) is 0. The molecule has 2 N–H and O–H groups in total. The van der Waals surface area contributed by atoms with Gasteiger partial charge in [-0.3, -0.25) is 0 Å². The minimum atomic E-state index is -3.48. The molecule has 0 aliphatic heterocycles. The third-order valence-corrected chi connectivity index (χ3v) is 5.72. The van der Waals surface area contributed by atoms with Gasteiger partial charge in [0, 0.05) is 25.5 Å². The highest BCUT2D eigenvalue weighted by molar-refractivity contribution is 7.89. The van der Waals surface area contributed by atoms with Crippen LogP contribution in [-0.2, 0) is 10.0 Å². The van der Waals surface area contributed by atoms with E-state index in [1.54, 1.807) is 24.3 Å². The van der Waals surface area contributed by atoms with Gasteiger partial charge in [-0.1, -0.05) is 38.1 Å². The van der Waals surface area contributed by atoms with Crippen LogP contribution in [0.15, 0.2) is 53.4 Å². The normalized spacial score (nSPS) is 11.6. The molecule has 0 unspecified atom stereocenters. The van der Waals surface area contributed by atoms with Gasteiger partial charge in [0.05, 0.1) is 4.90 Å². The summed E-state index contributed by atoms with van der Waals surface area (Å²) in [5.74, 6) is 0.361. The molecule has 0 saturated heterocycles. The molecular formula is C18H23N3O2S2. The molecule has 0 saturated carbocycles. The summed E-state index contributed by atoms with van der Waals surface area (Å²) in [4.78, 5) is 0.216. The predicted molar refractivity (Wildman–Crippen MR) is 108 cm³/mol. The standard InChI is InChI=1S/C18H23N3O2S2/c1-13(2)16-10-5-6-11-17(16)20-18(24)19-14-8-7-9-15(12-14)25(22,23)21(3)4/h5-13H,1-4H3,(H2,19,20,24). The molecule has 0 heterocycles. The van der Waals surface area contributed by atoms with Crippen LogP contribution in [-0.4, -0.2) is 31.9 Å². The summed E-state index contributed by atoms with van der Waals surface area (Å²) in [7, 11) is -0.474. The van der Waals surface area contributed by atoms with Crippen molar-refractivity contribution in [1.82, 2.24) is 4.31 Å². The number of hydrogen-bond acceptors (Lipinski definition) is 3. The van der Waals surface area contributed by atoms with Crippen molar-refractivity contribution in [1.29, 1.82) is 0 Å². The lowest BCUT2D eigenvalue weighted by Gasteiger charge is -2.17. The first-order valence-corrected chi connectivity index (χ1v) is 9.76. The lowest BCUT2D eigenvalue weighted by atomic mass is 10.0. The lowest BCUT2D eigenvalue weighted by molar-refractivity contribution is 0.521. The van der Waals surface area contributed by atoms with Crippen molar-refractivity contribution in [3.63, 3.8) is 0 Å². The van der Waals surface area contributed by atoms with Crippen molar-refractivity contribution < 1.29 is 8.42 Å². The van der Waals surface area contributed by atoms with Gasteiger partial charge in [0.25, 0.3) is 0 Å². The van der Waals surface area contributed by atoms with Crippen LogP contribution in [0.1, 0.15) is 25.3 Å². The first-order valence-electron chi connectivity index (χ1n) is 7.91. The third-order valence-electron chi connectivity index (χ3n) is 3.70. The molecule has 2 aromatic carbocycles. The SMILES string of the molecule is CC(C)c1ccccc1NC(=S)Nc1cccc(S(=O)(=O)N(C)C)c1. The average molecular weight is 378 g/mol. The van der Waals surface area contributed by atoms with Gasteiger partial charge >= 0.3 is 0 Å². The highest BCUT2D eigenvalue weighted by atomic mass is 32.2. The Labute approximate surface area is 155 Å². The molecule has 5 nitrogen and oxygen atoms in total. The number of nitrogens with one attached hydrogen (secondary N) is 2. The number of para-hydroxylation sites is 1. The molecular weight excluding hydrogens is 354 g/mol. The molecule has 0 aromatic heterocycles. The van der Waals surface area contributed by atoms with Gasteiger partial charge in [0.15, 0.2) is 5.11 Å². The lowest BCUT2D eigenvalue weighted by Crippen LogP contribution is -2.23. The van der Waals surface area contributed by atoms with Crippen molar-refractivity contribution in [3.05, 3.63) is 54.1 Å². The molecule has 0 amide bonds. The van der Waals surface area contributed by atoms with E-state index in [9.17, 15) is 8.42 Å². The third kappa shape index (κ3) is 4.78. The van der Waals surface area contributed by atoms with Crippen LogP contribution in [0.4, 0.5) is 11.4 Å². The monoisotopic (exact) mass is 377 g/mol. The molecule has 2 rings (SSSR count). The molecule has 2 aromatic rings. The van der Waals surface area contributed by atoms with Gasteiger partial charge in [-0.05, 0) is 48.0 Å². The quantitative estimate of drug-likeness (QED) is 0.775. The van der Waals surface area contributed by atoms with E-state index < -0.39 is 10.0 Å². The Morgan fingerprint density at radius 3 is 2.36 bits per heavy atom. The maximum absolute atomic E-state index is 12.2. The minimum absolute atomic E-state index is 0.216. The van der Waals surface area contributed by atoms with Gasteiger partial charge in [-0.2, -0.15) is 0 Å². The van der Waals surface area contributed by atoms with Crippen LogP contribution >= 0.6 is 12.2 Å². The van der Waals surface area contributed by atoms with Gasteiger partial charge < -0.3 is 10.6 Å². The Kier molecular flexibility index (Phi) is 6.16. The number of rotatable bonds is 5. The Bertz CT molecular complexity index is 862. The van der Waals surface area contributed by atoms with Crippen LogP contribution in [0.2, 0.25) is 0 Å². The maximum Gasteiger partial charge on any atom is 0.242 e. The van der Waals surface area contributed by atoms with Crippen molar-refractivity contribution in [2.24, 2.45) is 0 Å². The number of benzene rings is 2. The second kappa shape index (κ2) is 7.95. The number of anilines is 2. The van der Waals surface area contributed by atoms with E-state index in [1.807, 2.05) is 18.2 Å². The minimum Gasteiger partial charge on any atom is -0.332 e. The van der Waals surface area contributed by atoms with Crippen LogP contribution in [0.5, 0.6) is 0 Å². The van der Waals surface area contributed by atoms with Crippen LogP contribution in [0.25, 0.3) is 0 Å². The van der Waals surface area contributed by atoms with E-state index in [1.165, 1.54) is 18.4 Å². The topological polar surface area (TPSA) is 61.4 Å². The Morgan fingerprint density at radius 2 is 1.72 bits per heavy atom. The Morgan fingerprint density at radius 1 is 1.04 bits per heavy atom. The van der Waals surface area contributed by atoms with Crippen LogP contribution in [0, 0.1) is 0 Å². The van der Waals surface area contributed by atoms with Crippen molar-refractivity contribution >= 4 is 38.7 Å². The number of thiocarbonyl (C=S) groups is 1. The van der Waals surface area contributed by atoms with Crippen molar-refractivity contribution in [2.75, 3.05) is 24.7 Å². The highest BCUT2D eigenvalue weighted by Gasteiger charge is 2.17. The van der Waals surface area contributed by atoms with Gasteiger partial charge in [-0.25, -0.2) is 12.7 Å². The first kappa shape index (κ1) is 19.4. The van der Waals surface area contributed by atoms with E-state index in [4.69, 9.17) is 12.2 Å². The van der Waals surface area contributed by atoms with Crippen LogP contribution < -0.4 is 10.6 Å². The summed E-state index contributed by atoms with van der Waals surface area (Å²) in [5, 5.41) is 6.64. The molecule has 0 fully saturated rings. The highest BCUT2D eigenvalue weighted by Crippen LogP contribution is 2.24. The zero-order valence-electron chi connectivity index (χ0n) is 14.8. The van der Waals surface area contributed by atoms with E-state index >= 15 is 0 Å². The Balaban J connectivity index is 2.17. The fraction of sp³-hybridized carbons (Fsp3) is 0.278. The smallest absolute Gasteiger partial charge is 0.242 e. The van der Waals surface area contributed by atoms with E-state index in [0.717, 1.165) is 11.3 Å². The summed E-state index contributed by atoms with van der Waals surface area (Å²) < 4.78 is 25.6. The summed E-state index contributed by atoms with van der Waals surface area (Å²) in [6, 6.07) is 14.5. The fourth-order valence-electron chi connectivity index (χ4n) is 2.34. The van der Waals surface area contributed by atoms with Crippen molar-refractivity contribution in [3.8, 4) is 0 Å². The molecule has 0 aliphatic carbocycles. The molecule has 0 spiro atoms. The average Bonchev–Trinajstić information content (AvgIpc) is 2.55. The van der Waals surface area contributed by atoms with Gasteiger partial charge in [-0.15, -0.1) is 0 Å². The van der Waals surface area contributed by atoms with E-state index in [-0.39, 0.29) is 4.90 Å². The zero-order chi connectivity index (χ0) is 18.6. The number of nitrogens with zero attached hydrogens (tertiary/aromatic N) is 1. The first-order chi connectivity index (χ1) is 11.7. The molecule has 0 bridgehead atoms. The summed E-state index contributed by atoms with van der Waals surface area (Å²) in [6.45, 7) is 4.24. The zero-order valence-corrected chi connectivity index (χ0v) is 16.4. The van der Waals surface area contributed by atoms with Crippen molar-refractivity contribution in [2.45, 2.75) is 24.7 Å². The second-order valence-electron chi connectivity index (χ2n) is 6.14. The predicted octanol–water partition coefficient (Wildman–Crippen LogP) is 3.87. The second-order valence-corrected chi connectivity index (χ2v) is 8.70. The number of sulfonamides is 1. The number of hydrogen-bond donors (Lipinski definition) is 2. The molecule has 134 valence electrons. The van der Waals surface area contributed by atoms with E-state index in [2.05, 4.69) is 30.5 Å². The fourth-order valence-corrected chi connectivity index (χ4v) is 3.52. The summed E-state index contributed by atoms with van der Waals surface area (Å²) >= 11 is 5.37. The molecule has 0 radical (unpaired) electrons. The van der Waals surface area contributed by atoms with Crippen LogP contribution in [0.3, 0.4) is 0 Å².